The first kappa shape index (κ1) is 21.6. The Hall–Kier alpha value is -3.62. The Balaban J connectivity index is 1.36. The number of piperazine rings is 1. The number of para-hydroxylation sites is 1. The van der Waals surface area contributed by atoms with Gasteiger partial charge >= 0.3 is 12.2 Å². The molecule has 1 aliphatic rings. The van der Waals surface area contributed by atoms with Gasteiger partial charge in [-0.05, 0) is 31.2 Å². The Morgan fingerprint density at radius 3 is 2.22 bits per heavy atom. The standard InChI is InChI=1S/C23H22F3N5O/c1-16-6-8-17(9-7-16)19-10-11-21(29-28-19)30-12-14-31(15-13-30)22(32)27-20-5-3-2-4-18(20)23(24,25)26/h2-11H,12-15H2,1H3,(H,27,32). The molecule has 0 bridgehead atoms. The van der Waals surface area contributed by atoms with Crippen LogP contribution in [0.4, 0.5) is 29.5 Å². The fraction of sp³-hybridized carbons (Fsp3) is 0.261. The Bertz CT molecular complexity index is 1080. The van der Waals surface area contributed by atoms with Crippen LogP contribution in [0.1, 0.15) is 11.1 Å². The van der Waals surface area contributed by atoms with Crippen molar-refractivity contribution in [3.8, 4) is 11.3 Å². The van der Waals surface area contributed by atoms with E-state index in [9.17, 15) is 18.0 Å². The minimum atomic E-state index is -4.54. The maximum atomic E-state index is 13.1. The lowest BCUT2D eigenvalue weighted by molar-refractivity contribution is -0.136. The van der Waals surface area contributed by atoms with Crippen LogP contribution in [0.2, 0.25) is 0 Å². The zero-order valence-corrected chi connectivity index (χ0v) is 17.4. The van der Waals surface area contributed by atoms with Gasteiger partial charge in [0, 0.05) is 31.7 Å². The summed E-state index contributed by atoms with van der Waals surface area (Å²) in [6, 6.07) is 16.2. The number of aryl methyl sites for hydroxylation is 1. The van der Waals surface area contributed by atoms with E-state index in [-0.39, 0.29) is 5.69 Å². The molecule has 1 saturated heterocycles. The largest absolute Gasteiger partial charge is 0.418 e. The van der Waals surface area contributed by atoms with Crippen LogP contribution in [-0.2, 0) is 6.18 Å². The summed E-state index contributed by atoms with van der Waals surface area (Å²) >= 11 is 0. The van der Waals surface area contributed by atoms with Gasteiger partial charge in [0.25, 0.3) is 0 Å². The number of hydrogen-bond acceptors (Lipinski definition) is 4. The van der Waals surface area contributed by atoms with Crippen molar-refractivity contribution in [1.29, 1.82) is 0 Å². The normalized spacial score (nSPS) is 14.4. The predicted molar refractivity (Wildman–Crippen MR) is 116 cm³/mol. The van der Waals surface area contributed by atoms with Crippen LogP contribution in [0.15, 0.2) is 60.7 Å². The number of hydrogen-bond donors (Lipinski definition) is 1. The van der Waals surface area contributed by atoms with Crippen molar-refractivity contribution in [1.82, 2.24) is 15.1 Å². The van der Waals surface area contributed by atoms with Gasteiger partial charge in [0.15, 0.2) is 5.82 Å². The zero-order chi connectivity index (χ0) is 22.7. The SMILES string of the molecule is Cc1ccc(-c2ccc(N3CCN(C(=O)Nc4ccccc4C(F)(F)F)CC3)nn2)cc1. The summed E-state index contributed by atoms with van der Waals surface area (Å²) in [7, 11) is 0. The van der Waals surface area contributed by atoms with Crippen LogP contribution in [0.5, 0.6) is 0 Å². The molecule has 0 unspecified atom stereocenters. The van der Waals surface area contributed by atoms with E-state index in [0.29, 0.717) is 32.0 Å². The van der Waals surface area contributed by atoms with E-state index in [1.165, 1.54) is 28.7 Å². The smallest absolute Gasteiger partial charge is 0.352 e. The van der Waals surface area contributed by atoms with Gasteiger partial charge in [-0.1, -0.05) is 42.0 Å². The molecule has 6 nitrogen and oxygen atoms in total. The lowest BCUT2D eigenvalue weighted by Gasteiger charge is -2.35. The van der Waals surface area contributed by atoms with Gasteiger partial charge in [0.05, 0.1) is 16.9 Å². The number of nitrogens with one attached hydrogen (secondary N) is 1. The van der Waals surface area contributed by atoms with Gasteiger partial charge in [-0.3, -0.25) is 0 Å². The summed E-state index contributed by atoms with van der Waals surface area (Å²) in [6.45, 7) is 3.76. The van der Waals surface area contributed by atoms with Crippen LogP contribution >= 0.6 is 0 Å². The average Bonchev–Trinajstić information content (AvgIpc) is 2.79. The van der Waals surface area contributed by atoms with E-state index in [0.717, 1.165) is 17.3 Å². The highest BCUT2D eigenvalue weighted by Crippen LogP contribution is 2.34. The second-order valence-corrected chi connectivity index (χ2v) is 7.59. The molecule has 0 aliphatic carbocycles. The molecule has 0 spiro atoms. The van der Waals surface area contributed by atoms with E-state index in [2.05, 4.69) is 15.5 Å². The third kappa shape index (κ3) is 4.82. The molecular formula is C23H22F3N5O. The summed E-state index contributed by atoms with van der Waals surface area (Å²) in [5, 5.41) is 11.0. The zero-order valence-electron chi connectivity index (χ0n) is 17.4. The van der Waals surface area contributed by atoms with Crippen molar-refractivity contribution in [2.45, 2.75) is 13.1 Å². The number of rotatable bonds is 3. The summed E-state index contributed by atoms with van der Waals surface area (Å²) in [6.07, 6.45) is -4.54. The van der Waals surface area contributed by atoms with E-state index < -0.39 is 17.8 Å². The molecule has 1 aromatic heterocycles. The Kier molecular flexibility index (Phi) is 5.98. The van der Waals surface area contributed by atoms with E-state index >= 15 is 0 Å². The lowest BCUT2D eigenvalue weighted by atomic mass is 10.1. The number of anilines is 2. The first-order valence-electron chi connectivity index (χ1n) is 10.2. The second-order valence-electron chi connectivity index (χ2n) is 7.59. The van der Waals surface area contributed by atoms with Crippen LogP contribution in [0.3, 0.4) is 0 Å². The van der Waals surface area contributed by atoms with Gasteiger partial charge in [0.1, 0.15) is 0 Å². The molecule has 0 saturated carbocycles. The van der Waals surface area contributed by atoms with E-state index in [1.807, 2.05) is 48.2 Å². The number of carbonyl (C=O) groups excluding carboxylic acids is 1. The molecule has 9 heteroatoms. The number of carbonyl (C=O) groups is 1. The number of aromatic nitrogens is 2. The molecule has 4 rings (SSSR count). The number of amides is 2. The monoisotopic (exact) mass is 441 g/mol. The maximum absolute atomic E-state index is 13.1. The molecule has 166 valence electrons. The van der Waals surface area contributed by atoms with E-state index in [1.54, 1.807) is 0 Å². The Morgan fingerprint density at radius 1 is 0.906 bits per heavy atom. The molecule has 1 N–H and O–H groups in total. The number of halogens is 3. The van der Waals surface area contributed by atoms with Gasteiger partial charge < -0.3 is 15.1 Å². The van der Waals surface area contributed by atoms with Crippen molar-refractivity contribution >= 4 is 17.5 Å². The molecule has 32 heavy (non-hydrogen) atoms. The molecule has 3 aromatic rings. The topological polar surface area (TPSA) is 61.4 Å². The number of alkyl halides is 3. The Labute approximate surface area is 183 Å². The lowest BCUT2D eigenvalue weighted by Crippen LogP contribution is -2.50. The molecule has 1 aliphatic heterocycles. The first-order chi connectivity index (χ1) is 15.3. The first-order valence-corrected chi connectivity index (χ1v) is 10.2. The molecule has 2 aromatic carbocycles. The minimum absolute atomic E-state index is 0.245. The average molecular weight is 441 g/mol. The third-order valence-corrected chi connectivity index (χ3v) is 5.36. The molecule has 0 radical (unpaired) electrons. The number of benzene rings is 2. The van der Waals surface area contributed by atoms with Gasteiger partial charge in [-0.15, -0.1) is 10.2 Å². The highest BCUT2D eigenvalue weighted by molar-refractivity contribution is 5.90. The van der Waals surface area contributed by atoms with Gasteiger partial charge in [0.2, 0.25) is 0 Å². The third-order valence-electron chi connectivity index (χ3n) is 5.36. The molecule has 2 heterocycles. The summed E-state index contributed by atoms with van der Waals surface area (Å²) in [5.41, 5.74) is 1.81. The fourth-order valence-corrected chi connectivity index (χ4v) is 3.54. The summed E-state index contributed by atoms with van der Waals surface area (Å²) < 4.78 is 39.4. The molecule has 1 fully saturated rings. The van der Waals surface area contributed by atoms with Crippen LogP contribution in [0.25, 0.3) is 11.3 Å². The highest BCUT2D eigenvalue weighted by atomic mass is 19.4. The van der Waals surface area contributed by atoms with E-state index in [4.69, 9.17) is 0 Å². The molecule has 2 amide bonds. The van der Waals surface area contributed by atoms with Crippen molar-refractivity contribution in [2.24, 2.45) is 0 Å². The number of urea groups is 1. The van der Waals surface area contributed by atoms with Crippen molar-refractivity contribution in [3.05, 3.63) is 71.8 Å². The molecule has 0 atom stereocenters. The minimum Gasteiger partial charge on any atom is -0.352 e. The summed E-state index contributed by atoms with van der Waals surface area (Å²) in [5.74, 6) is 0.698. The summed E-state index contributed by atoms with van der Waals surface area (Å²) in [4.78, 5) is 16.0. The number of nitrogens with zero attached hydrogens (tertiary/aromatic N) is 4. The second kappa shape index (κ2) is 8.86. The van der Waals surface area contributed by atoms with Gasteiger partial charge in [-0.2, -0.15) is 13.2 Å². The molecular weight excluding hydrogens is 419 g/mol. The fourth-order valence-electron chi connectivity index (χ4n) is 3.54. The van der Waals surface area contributed by atoms with Crippen LogP contribution in [-0.4, -0.2) is 47.3 Å². The highest BCUT2D eigenvalue weighted by Gasteiger charge is 2.34. The van der Waals surface area contributed by atoms with Crippen molar-refractivity contribution in [2.75, 3.05) is 36.4 Å². The van der Waals surface area contributed by atoms with Crippen molar-refractivity contribution in [3.63, 3.8) is 0 Å². The quantitative estimate of drug-likeness (QED) is 0.633. The van der Waals surface area contributed by atoms with Crippen molar-refractivity contribution < 1.29 is 18.0 Å². The predicted octanol–water partition coefficient (Wildman–Crippen LogP) is 4.82. The Morgan fingerprint density at radius 2 is 1.59 bits per heavy atom. The van der Waals surface area contributed by atoms with Gasteiger partial charge in [-0.25, -0.2) is 4.79 Å². The van der Waals surface area contributed by atoms with Crippen LogP contribution in [0, 0.1) is 6.92 Å². The van der Waals surface area contributed by atoms with Crippen LogP contribution < -0.4 is 10.2 Å². The maximum Gasteiger partial charge on any atom is 0.418 e.